The van der Waals surface area contributed by atoms with Crippen LogP contribution in [0.15, 0.2) is 94.6 Å². The number of ether oxygens (including phenoxy) is 4. The van der Waals surface area contributed by atoms with E-state index < -0.39 is 43.1 Å². The summed E-state index contributed by atoms with van der Waals surface area (Å²) in [6.45, 7) is 21.5. The Balaban J connectivity index is 0.000000550. The molecule has 14 nitrogen and oxygen atoms in total. The van der Waals surface area contributed by atoms with Crippen LogP contribution in [-0.4, -0.2) is 101 Å². The first-order valence-corrected chi connectivity index (χ1v) is 21.4. The molecule has 4 aromatic rings. The highest BCUT2D eigenvalue weighted by molar-refractivity contribution is 7.46. The second kappa shape index (κ2) is 23.5. The molecule has 0 bridgehead atoms. The van der Waals surface area contributed by atoms with Gasteiger partial charge in [-0.05, 0) is 63.4 Å². The lowest BCUT2D eigenvalue weighted by molar-refractivity contribution is -0.0938. The van der Waals surface area contributed by atoms with E-state index >= 15 is 0 Å². The topological polar surface area (TPSA) is 165 Å². The van der Waals surface area contributed by atoms with Crippen LogP contribution in [0.2, 0.25) is 0 Å². The summed E-state index contributed by atoms with van der Waals surface area (Å²) in [6, 6.07) is 24.3. The lowest BCUT2D eigenvalue weighted by Gasteiger charge is -2.38. The minimum Gasteiger partial charge on any atom is -0.493 e. The number of nitrogens with zero attached hydrogens (tertiary/aromatic N) is 3. The van der Waals surface area contributed by atoms with E-state index in [1.54, 1.807) is 6.07 Å². The summed E-state index contributed by atoms with van der Waals surface area (Å²) in [5.41, 5.74) is -0.286. The summed E-state index contributed by atoms with van der Waals surface area (Å²) in [4.78, 5) is 51.0. The number of nitrogens with one attached hydrogen (secondary N) is 1. The summed E-state index contributed by atoms with van der Waals surface area (Å²) in [5, 5.41) is 0. The maximum absolute atomic E-state index is 12.7. The first-order chi connectivity index (χ1) is 27.8. The monoisotopic (exact) mass is 826 g/mol. The Morgan fingerprint density at radius 3 is 1.74 bits per heavy atom. The van der Waals surface area contributed by atoms with E-state index in [0.29, 0.717) is 17.1 Å². The number of phosphoric acid groups is 1. The highest BCUT2D eigenvalue weighted by Gasteiger charge is 2.46. The molecule has 3 aromatic carbocycles. The maximum Gasteiger partial charge on any atom is 0.469 e. The number of aryl methyl sites for hydroxylation is 1. The fourth-order valence-corrected chi connectivity index (χ4v) is 7.46. The van der Waals surface area contributed by atoms with E-state index in [9.17, 15) is 23.9 Å². The van der Waals surface area contributed by atoms with Crippen molar-refractivity contribution in [3.8, 4) is 11.5 Å². The fraction of sp³-hybridized carbons (Fsp3) is 0.488. The summed E-state index contributed by atoms with van der Waals surface area (Å²) in [7, 11) is -1.92. The molecule has 1 aliphatic heterocycles. The zero-order valence-corrected chi connectivity index (χ0v) is 36.3. The molecule has 1 fully saturated rings. The molecule has 5 rings (SSSR count). The lowest BCUT2D eigenvalue weighted by atomic mass is 9.79. The number of benzene rings is 3. The first kappa shape index (κ1) is 48.3. The SMILES string of the molecule is CCN(CC)CC.CCN(CC)CC.COc1cccc(C(OC[C@H]2O[C@@H](n3cc(C)c(=O)[nH]c3=O)C[C@@H]2OP(=O)(O)O)(c2ccccc2)c2ccccc2)c1OC. The van der Waals surface area contributed by atoms with E-state index in [-0.39, 0.29) is 18.6 Å². The molecule has 1 aliphatic rings. The van der Waals surface area contributed by atoms with Gasteiger partial charge < -0.3 is 38.5 Å². The van der Waals surface area contributed by atoms with E-state index in [4.69, 9.17) is 23.5 Å². The van der Waals surface area contributed by atoms with Crippen LogP contribution in [-0.2, 0) is 24.2 Å². The van der Waals surface area contributed by atoms with Crippen LogP contribution in [0.3, 0.4) is 0 Å². The number of methoxy groups -OCH3 is 2. The van der Waals surface area contributed by atoms with Crippen LogP contribution in [0, 0.1) is 6.92 Å². The number of para-hydroxylation sites is 1. The number of aromatic nitrogens is 2. The van der Waals surface area contributed by atoms with Crippen molar-refractivity contribution in [3.05, 3.63) is 128 Å². The molecule has 0 radical (unpaired) electrons. The molecule has 15 heteroatoms. The van der Waals surface area contributed by atoms with Crippen molar-refractivity contribution in [2.45, 2.75) is 78.9 Å². The van der Waals surface area contributed by atoms with Gasteiger partial charge >= 0.3 is 13.5 Å². The highest BCUT2D eigenvalue weighted by atomic mass is 31.2. The van der Waals surface area contributed by atoms with Gasteiger partial charge in [0.25, 0.3) is 5.56 Å². The second-order valence-electron chi connectivity index (χ2n) is 13.5. The molecule has 2 heterocycles. The molecule has 0 amide bonds. The predicted molar refractivity (Wildman–Crippen MR) is 227 cm³/mol. The van der Waals surface area contributed by atoms with Crippen molar-refractivity contribution in [2.75, 3.05) is 60.1 Å². The van der Waals surface area contributed by atoms with Crippen molar-refractivity contribution in [1.82, 2.24) is 19.4 Å². The summed E-state index contributed by atoms with van der Waals surface area (Å²) < 4.78 is 42.8. The van der Waals surface area contributed by atoms with Gasteiger partial charge in [-0.3, -0.25) is 18.9 Å². The molecule has 3 atom stereocenters. The maximum atomic E-state index is 12.7. The van der Waals surface area contributed by atoms with Gasteiger partial charge in [-0.15, -0.1) is 0 Å². The summed E-state index contributed by atoms with van der Waals surface area (Å²) in [6.07, 6.45) is -1.98. The third-order valence-electron chi connectivity index (χ3n) is 10.2. The van der Waals surface area contributed by atoms with E-state index in [1.165, 1.54) is 71.2 Å². The van der Waals surface area contributed by atoms with Crippen molar-refractivity contribution in [3.63, 3.8) is 0 Å². The van der Waals surface area contributed by atoms with Gasteiger partial charge in [-0.1, -0.05) is 114 Å². The van der Waals surface area contributed by atoms with E-state index in [1.807, 2.05) is 72.8 Å². The van der Waals surface area contributed by atoms with Gasteiger partial charge in [0.05, 0.1) is 20.8 Å². The Hall–Kier alpha value is -4.11. The summed E-state index contributed by atoms with van der Waals surface area (Å²) in [5.74, 6) is 0.892. The first-order valence-electron chi connectivity index (χ1n) is 19.9. The quantitative estimate of drug-likeness (QED) is 0.0802. The zero-order valence-electron chi connectivity index (χ0n) is 35.4. The normalized spacial score (nSPS) is 16.7. The number of H-pyrrole nitrogens is 1. The Bertz CT molecular complexity index is 1900. The average Bonchev–Trinajstić information content (AvgIpc) is 3.62. The number of aromatic amines is 1. The van der Waals surface area contributed by atoms with Crippen LogP contribution in [0.1, 0.15) is 76.4 Å². The Kier molecular flexibility index (Phi) is 19.5. The van der Waals surface area contributed by atoms with Crippen molar-refractivity contribution in [1.29, 1.82) is 0 Å². The smallest absolute Gasteiger partial charge is 0.469 e. The van der Waals surface area contributed by atoms with Gasteiger partial charge in [0.15, 0.2) is 11.5 Å². The Morgan fingerprint density at radius 1 is 0.793 bits per heavy atom. The van der Waals surface area contributed by atoms with E-state index in [2.05, 4.69) is 56.3 Å². The predicted octanol–water partition coefficient (Wildman–Crippen LogP) is 6.33. The molecule has 1 aromatic heterocycles. The minimum atomic E-state index is -4.98. The molecule has 0 saturated carbocycles. The van der Waals surface area contributed by atoms with Crippen LogP contribution < -0.4 is 20.7 Å². The molecule has 3 N–H and O–H groups in total. The average molecular weight is 827 g/mol. The molecule has 1 saturated heterocycles. The molecule has 0 aliphatic carbocycles. The van der Waals surface area contributed by atoms with Crippen molar-refractivity contribution < 1.29 is 37.8 Å². The highest BCUT2D eigenvalue weighted by Crippen LogP contribution is 2.49. The molecular weight excluding hydrogens is 763 g/mol. The number of hydrogen-bond acceptors (Lipinski definition) is 10. The van der Waals surface area contributed by atoms with Crippen LogP contribution in [0.4, 0.5) is 0 Å². The van der Waals surface area contributed by atoms with Crippen LogP contribution >= 0.6 is 7.82 Å². The van der Waals surface area contributed by atoms with Crippen molar-refractivity contribution >= 4 is 7.82 Å². The lowest BCUT2D eigenvalue weighted by Crippen LogP contribution is -2.39. The van der Waals surface area contributed by atoms with Crippen LogP contribution in [0.5, 0.6) is 11.5 Å². The van der Waals surface area contributed by atoms with Crippen molar-refractivity contribution in [2.24, 2.45) is 0 Å². The minimum absolute atomic E-state index is 0.101. The third kappa shape index (κ3) is 12.7. The largest absolute Gasteiger partial charge is 0.493 e. The van der Waals surface area contributed by atoms with Gasteiger partial charge in [-0.2, -0.15) is 0 Å². The van der Waals surface area contributed by atoms with E-state index in [0.717, 1.165) is 11.1 Å². The number of rotatable bonds is 17. The number of hydrogen-bond donors (Lipinski definition) is 3. The zero-order chi connectivity index (χ0) is 42.9. The standard InChI is InChI=1S/C31H33N2O10P.2C6H15N/c1-20-18-33(30(35)32-29(20)34)27-17-25(43-44(36,37)38)26(42-27)19-41-31(21-11-6-4-7-12-21,22-13-8-5-9-14-22)23-15-10-16-24(39-2)28(23)40-3;2*1-4-7(5-2)6-3/h4-16,18,25-27H,17,19H2,1-3H3,(H,32,34,35)(H2,36,37,38);2*4-6H2,1-3H3/t25-,26+,27+;;/m0../s1. The van der Waals surface area contributed by atoms with Gasteiger partial charge in [0, 0.05) is 23.7 Å². The molecule has 0 spiro atoms. The van der Waals surface area contributed by atoms with Gasteiger partial charge in [0.1, 0.15) is 24.0 Å². The second-order valence-corrected chi connectivity index (χ2v) is 14.7. The molecular formula is C43H63N4O10P. The number of phosphoric ester groups is 1. The summed E-state index contributed by atoms with van der Waals surface area (Å²) >= 11 is 0. The van der Waals surface area contributed by atoms with Gasteiger partial charge in [0.2, 0.25) is 0 Å². The van der Waals surface area contributed by atoms with Gasteiger partial charge in [-0.25, -0.2) is 9.36 Å². The Morgan fingerprint density at radius 2 is 1.31 bits per heavy atom. The molecule has 0 unspecified atom stereocenters. The van der Waals surface area contributed by atoms with Crippen LogP contribution in [0.25, 0.3) is 0 Å². The molecule has 58 heavy (non-hydrogen) atoms. The fourth-order valence-electron chi connectivity index (χ4n) is 6.89. The molecule has 320 valence electrons. The third-order valence-corrected chi connectivity index (χ3v) is 10.7. The Labute approximate surface area is 342 Å².